The molecule has 0 spiro atoms. The van der Waals surface area contributed by atoms with Crippen LogP contribution in [0.15, 0.2) is 53.6 Å². The van der Waals surface area contributed by atoms with E-state index >= 15 is 0 Å². The van der Waals surface area contributed by atoms with Crippen LogP contribution >= 0.6 is 0 Å². The predicted octanol–water partition coefficient (Wildman–Crippen LogP) is 2.29. The van der Waals surface area contributed by atoms with E-state index in [9.17, 15) is 0 Å². The summed E-state index contributed by atoms with van der Waals surface area (Å²) in [7, 11) is 0. The third-order valence-corrected chi connectivity index (χ3v) is 2.67. The van der Waals surface area contributed by atoms with Crippen LogP contribution in [0.3, 0.4) is 0 Å². The molecule has 0 aliphatic rings. The SMILES string of the molecule is Cc1ccc(/C(=N/N)c2ccccc2N)cc1. The molecule has 0 radical (unpaired) electrons. The summed E-state index contributed by atoms with van der Waals surface area (Å²) in [6.07, 6.45) is 0. The molecular weight excluding hydrogens is 210 g/mol. The number of nitrogens with two attached hydrogens (primary N) is 2. The lowest BCUT2D eigenvalue weighted by atomic mass is 10.00. The van der Waals surface area contributed by atoms with Crippen molar-refractivity contribution in [1.29, 1.82) is 0 Å². The molecular formula is C14H15N3. The Kier molecular flexibility index (Phi) is 3.10. The van der Waals surface area contributed by atoms with E-state index in [1.165, 1.54) is 5.56 Å². The molecule has 0 heterocycles. The van der Waals surface area contributed by atoms with E-state index in [1.807, 2.05) is 55.5 Å². The molecule has 0 bridgehead atoms. The van der Waals surface area contributed by atoms with Crippen molar-refractivity contribution in [1.82, 2.24) is 0 Å². The predicted molar refractivity (Wildman–Crippen MR) is 71.9 cm³/mol. The summed E-state index contributed by atoms with van der Waals surface area (Å²) < 4.78 is 0. The van der Waals surface area contributed by atoms with Gasteiger partial charge in [-0.3, -0.25) is 0 Å². The maximum Gasteiger partial charge on any atom is 0.0991 e. The monoisotopic (exact) mass is 225 g/mol. The highest BCUT2D eigenvalue weighted by molar-refractivity contribution is 6.15. The van der Waals surface area contributed by atoms with Crippen molar-refractivity contribution in [2.75, 3.05) is 5.73 Å². The van der Waals surface area contributed by atoms with Crippen molar-refractivity contribution in [3.63, 3.8) is 0 Å². The number of hydrazone groups is 1. The summed E-state index contributed by atoms with van der Waals surface area (Å²) >= 11 is 0. The summed E-state index contributed by atoms with van der Waals surface area (Å²) in [6.45, 7) is 2.04. The number of anilines is 1. The minimum absolute atomic E-state index is 0.678. The molecule has 0 aliphatic heterocycles. The van der Waals surface area contributed by atoms with Crippen molar-refractivity contribution < 1.29 is 0 Å². The van der Waals surface area contributed by atoms with Crippen molar-refractivity contribution in [2.45, 2.75) is 6.92 Å². The molecule has 0 atom stereocenters. The summed E-state index contributed by atoms with van der Waals surface area (Å²) in [5.74, 6) is 5.48. The number of nitrogens with zero attached hydrogens (tertiary/aromatic N) is 1. The average Bonchev–Trinajstić information content (AvgIpc) is 2.35. The van der Waals surface area contributed by atoms with Crippen LogP contribution in [0.2, 0.25) is 0 Å². The van der Waals surface area contributed by atoms with Gasteiger partial charge in [-0.15, -0.1) is 0 Å². The van der Waals surface area contributed by atoms with Crippen molar-refractivity contribution in [3.8, 4) is 0 Å². The van der Waals surface area contributed by atoms with Crippen LogP contribution in [0.25, 0.3) is 0 Å². The molecule has 86 valence electrons. The van der Waals surface area contributed by atoms with Gasteiger partial charge in [0, 0.05) is 16.8 Å². The molecule has 3 heteroatoms. The van der Waals surface area contributed by atoms with E-state index in [0.29, 0.717) is 11.4 Å². The van der Waals surface area contributed by atoms with Crippen LogP contribution in [0.5, 0.6) is 0 Å². The van der Waals surface area contributed by atoms with Gasteiger partial charge in [-0.2, -0.15) is 5.10 Å². The number of para-hydroxylation sites is 1. The molecule has 3 nitrogen and oxygen atoms in total. The first-order valence-corrected chi connectivity index (χ1v) is 5.42. The number of hydrogen-bond donors (Lipinski definition) is 2. The maximum atomic E-state index is 5.93. The van der Waals surface area contributed by atoms with Crippen LogP contribution in [0.1, 0.15) is 16.7 Å². The Hall–Kier alpha value is -2.29. The second kappa shape index (κ2) is 4.70. The summed E-state index contributed by atoms with van der Waals surface area (Å²) in [5, 5.41) is 3.86. The number of benzene rings is 2. The number of aryl methyl sites for hydroxylation is 1. The lowest BCUT2D eigenvalue weighted by Crippen LogP contribution is -2.09. The van der Waals surface area contributed by atoms with Gasteiger partial charge in [0.2, 0.25) is 0 Å². The van der Waals surface area contributed by atoms with E-state index in [1.54, 1.807) is 0 Å². The average molecular weight is 225 g/mol. The van der Waals surface area contributed by atoms with Crippen molar-refractivity contribution in [2.24, 2.45) is 10.9 Å². The molecule has 0 unspecified atom stereocenters. The Morgan fingerprint density at radius 1 is 1.00 bits per heavy atom. The Balaban J connectivity index is 2.49. The zero-order valence-electron chi connectivity index (χ0n) is 9.72. The first-order valence-electron chi connectivity index (χ1n) is 5.42. The molecule has 0 saturated carbocycles. The minimum atomic E-state index is 0.678. The lowest BCUT2D eigenvalue weighted by Gasteiger charge is -2.08. The lowest BCUT2D eigenvalue weighted by molar-refractivity contribution is 1.24. The molecule has 0 aromatic heterocycles. The van der Waals surface area contributed by atoms with Gasteiger partial charge >= 0.3 is 0 Å². The number of nitrogen functional groups attached to an aromatic ring is 1. The van der Waals surface area contributed by atoms with E-state index in [0.717, 1.165) is 11.1 Å². The highest BCUT2D eigenvalue weighted by Gasteiger charge is 2.09. The van der Waals surface area contributed by atoms with Gasteiger partial charge in [-0.05, 0) is 13.0 Å². The van der Waals surface area contributed by atoms with Crippen LogP contribution in [-0.4, -0.2) is 5.71 Å². The topological polar surface area (TPSA) is 64.4 Å². The highest BCUT2D eigenvalue weighted by Crippen LogP contribution is 2.17. The van der Waals surface area contributed by atoms with Crippen molar-refractivity contribution >= 4 is 11.4 Å². The van der Waals surface area contributed by atoms with Crippen LogP contribution in [0, 0.1) is 6.92 Å². The highest BCUT2D eigenvalue weighted by atomic mass is 15.1. The Labute approximate surface area is 101 Å². The second-order valence-corrected chi connectivity index (χ2v) is 3.93. The molecule has 4 N–H and O–H groups in total. The van der Waals surface area contributed by atoms with Gasteiger partial charge < -0.3 is 11.6 Å². The minimum Gasteiger partial charge on any atom is -0.398 e. The van der Waals surface area contributed by atoms with Crippen LogP contribution in [0.4, 0.5) is 5.69 Å². The fourth-order valence-corrected chi connectivity index (χ4v) is 1.72. The van der Waals surface area contributed by atoms with Gasteiger partial charge in [0.1, 0.15) is 0 Å². The van der Waals surface area contributed by atoms with Crippen molar-refractivity contribution in [3.05, 3.63) is 65.2 Å². The summed E-state index contributed by atoms with van der Waals surface area (Å²) in [4.78, 5) is 0. The molecule has 2 aromatic carbocycles. The van der Waals surface area contributed by atoms with Gasteiger partial charge in [-0.25, -0.2) is 0 Å². The zero-order valence-corrected chi connectivity index (χ0v) is 9.72. The van der Waals surface area contributed by atoms with E-state index in [-0.39, 0.29) is 0 Å². The Morgan fingerprint density at radius 3 is 2.24 bits per heavy atom. The van der Waals surface area contributed by atoms with E-state index in [4.69, 9.17) is 11.6 Å². The molecule has 2 rings (SSSR count). The fraction of sp³-hybridized carbons (Fsp3) is 0.0714. The van der Waals surface area contributed by atoms with Gasteiger partial charge in [-0.1, -0.05) is 48.0 Å². The van der Waals surface area contributed by atoms with Gasteiger partial charge in [0.15, 0.2) is 0 Å². The quantitative estimate of drug-likeness (QED) is 0.356. The Bertz CT molecular complexity index is 542. The van der Waals surface area contributed by atoms with Gasteiger partial charge in [0.05, 0.1) is 5.71 Å². The summed E-state index contributed by atoms with van der Waals surface area (Å²) in [6, 6.07) is 15.6. The summed E-state index contributed by atoms with van der Waals surface area (Å²) in [5.41, 5.74) is 10.3. The number of hydrogen-bond acceptors (Lipinski definition) is 3. The zero-order chi connectivity index (χ0) is 12.3. The first-order chi connectivity index (χ1) is 8.22. The molecule has 17 heavy (non-hydrogen) atoms. The van der Waals surface area contributed by atoms with Crippen LogP contribution in [-0.2, 0) is 0 Å². The molecule has 0 amide bonds. The first kappa shape index (κ1) is 11.2. The maximum absolute atomic E-state index is 5.93. The number of rotatable bonds is 2. The smallest absolute Gasteiger partial charge is 0.0991 e. The molecule has 0 fully saturated rings. The largest absolute Gasteiger partial charge is 0.398 e. The van der Waals surface area contributed by atoms with E-state index < -0.39 is 0 Å². The standard InChI is InChI=1S/C14H15N3/c1-10-6-8-11(9-7-10)14(17-16)12-4-2-3-5-13(12)15/h2-9H,15-16H2,1H3/b17-14-. The third kappa shape index (κ3) is 2.28. The Morgan fingerprint density at radius 2 is 1.65 bits per heavy atom. The second-order valence-electron chi connectivity index (χ2n) is 3.93. The molecule has 2 aromatic rings. The van der Waals surface area contributed by atoms with Crippen LogP contribution < -0.4 is 11.6 Å². The molecule has 0 saturated heterocycles. The fourth-order valence-electron chi connectivity index (χ4n) is 1.72. The third-order valence-electron chi connectivity index (χ3n) is 2.67. The van der Waals surface area contributed by atoms with E-state index in [2.05, 4.69) is 5.10 Å². The molecule has 0 aliphatic carbocycles. The normalized spacial score (nSPS) is 11.5. The van der Waals surface area contributed by atoms with Gasteiger partial charge in [0.25, 0.3) is 0 Å².